The summed E-state index contributed by atoms with van der Waals surface area (Å²) in [5.74, 6) is 2.66. The van der Waals surface area contributed by atoms with Gasteiger partial charge in [-0.2, -0.15) is 0 Å². The fourth-order valence-corrected chi connectivity index (χ4v) is 6.43. The quantitative estimate of drug-likeness (QED) is 0.173. The highest BCUT2D eigenvalue weighted by molar-refractivity contribution is 7.85. The SMILES string of the molecule is Cc1ccc(-c2ccc3cc(O)ccc3c2Oc2ccc(OCCN3CCCCC3)cc2)s1.Cc1ccc(S(=O)(=O)[O-])cc1. The zero-order valence-electron chi connectivity index (χ0n) is 24.9. The Hall–Kier alpha value is -3.89. The van der Waals surface area contributed by atoms with Crippen LogP contribution in [0.4, 0.5) is 0 Å². The highest BCUT2D eigenvalue weighted by atomic mass is 32.2. The number of hydrogen-bond donors (Lipinski definition) is 1. The molecule has 9 heteroatoms. The molecule has 0 unspecified atom stereocenters. The second kappa shape index (κ2) is 14.3. The van der Waals surface area contributed by atoms with Gasteiger partial charge in [0.1, 0.15) is 39.7 Å². The molecule has 2 heterocycles. The summed E-state index contributed by atoms with van der Waals surface area (Å²) in [5.41, 5.74) is 1.98. The Kier molecular flexibility index (Phi) is 10.2. The van der Waals surface area contributed by atoms with Gasteiger partial charge in [0.15, 0.2) is 0 Å². The Morgan fingerprint density at radius 2 is 1.55 bits per heavy atom. The van der Waals surface area contributed by atoms with E-state index in [2.05, 4.69) is 30.0 Å². The number of phenolic OH excluding ortho intramolecular Hbond substituents is 1. The smallest absolute Gasteiger partial charge is 0.143 e. The van der Waals surface area contributed by atoms with Crippen LogP contribution in [0.5, 0.6) is 23.0 Å². The summed E-state index contributed by atoms with van der Waals surface area (Å²) in [6.07, 6.45) is 3.95. The topological polar surface area (TPSA) is 99.1 Å². The standard InChI is InChI=1S/C28H29NO3S.C7H8O3S/c1-20-5-14-27(33-20)26-12-6-21-19-22(30)7-13-25(21)28(26)32-24-10-8-23(9-11-24)31-18-17-29-15-3-2-4-16-29;1-6-2-4-7(5-3-6)11(8,9)10/h5-14,19,30H,2-4,15-18H2,1H3;2-5H,1H3,(H,8,9,10)/p-1. The number of benzene rings is 4. The Morgan fingerprint density at radius 1 is 0.841 bits per heavy atom. The van der Waals surface area contributed by atoms with Crippen LogP contribution >= 0.6 is 11.3 Å². The van der Waals surface area contributed by atoms with Crippen LogP contribution in [0.25, 0.3) is 21.2 Å². The molecule has 4 aromatic carbocycles. The summed E-state index contributed by atoms with van der Waals surface area (Å²) in [7, 11) is -4.27. The van der Waals surface area contributed by atoms with E-state index in [-0.39, 0.29) is 10.6 Å². The average molecular weight is 631 g/mol. The Labute approximate surface area is 263 Å². The molecule has 44 heavy (non-hydrogen) atoms. The maximum Gasteiger partial charge on any atom is 0.143 e. The summed E-state index contributed by atoms with van der Waals surface area (Å²) < 4.78 is 43.6. The van der Waals surface area contributed by atoms with E-state index in [9.17, 15) is 18.1 Å². The number of fused-ring (bicyclic) bond motifs is 1. The zero-order valence-corrected chi connectivity index (χ0v) is 26.5. The van der Waals surface area contributed by atoms with Gasteiger partial charge in [0.05, 0.1) is 4.90 Å². The maximum absolute atomic E-state index is 10.4. The summed E-state index contributed by atoms with van der Waals surface area (Å²) in [5, 5.41) is 11.8. The van der Waals surface area contributed by atoms with Crippen molar-refractivity contribution in [2.45, 2.75) is 38.0 Å². The molecule has 0 atom stereocenters. The number of thiophene rings is 1. The van der Waals surface area contributed by atoms with Gasteiger partial charge in [0.2, 0.25) is 0 Å². The number of likely N-dealkylation sites (tertiary alicyclic amines) is 1. The largest absolute Gasteiger partial charge is 0.744 e. The van der Waals surface area contributed by atoms with Crippen LogP contribution in [0.1, 0.15) is 29.7 Å². The highest BCUT2D eigenvalue weighted by Gasteiger charge is 2.15. The molecule has 230 valence electrons. The summed E-state index contributed by atoms with van der Waals surface area (Å²) in [4.78, 5) is 4.72. The minimum Gasteiger partial charge on any atom is -0.744 e. The van der Waals surface area contributed by atoms with Crippen molar-refractivity contribution in [3.8, 4) is 33.4 Å². The third-order valence-electron chi connectivity index (χ3n) is 7.44. The lowest BCUT2D eigenvalue weighted by Gasteiger charge is -2.26. The second-order valence-corrected chi connectivity index (χ2v) is 13.5. The first kappa shape index (κ1) is 31.5. The zero-order chi connectivity index (χ0) is 31.1. The summed E-state index contributed by atoms with van der Waals surface area (Å²) >= 11 is 1.75. The van der Waals surface area contributed by atoms with E-state index in [1.165, 1.54) is 49.4 Å². The molecule has 1 fully saturated rings. The molecule has 0 bridgehead atoms. The number of ether oxygens (including phenoxy) is 2. The van der Waals surface area contributed by atoms with Crippen LogP contribution in [0.15, 0.2) is 95.9 Å². The van der Waals surface area contributed by atoms with Crippen LogP contribution < -0.4 is 9.47 Å². The van der Waals surface area contributed by atoms with Crippen LogP contribution in [-0.2, 0) is 10.1 Å². The molecule has 5 aromatic rings. The van der Waals surface area contributed by atoms with Crippen molar-refractivity contribution in [1.82, 2.24) is 4.90 Å². The van der Waals surface area contributed by atoms with Gasteiger partial charge in [0, 0.05) is 27.2 Å². The van der Waals surface area contributed by atoms with Crippen molar-refractivity contribution in [1.29, 1.82) is 0 Å². The van der Waals surface area contributed by atoms with Crippen molar-refractivity contribution in [3.63, 3.8) is 0 Å². The van der Waals surface area contributed by atoms with Crippen molar-refractivity contribution in [3.05, 3.63) is 101 Å². The minimum absolute atomic E-state index is 0.178. The predicted molar refractivity (Wildman–Crippen MR) is 175 cm³/mol. The normalized spacial score (nSPS) is 13.7. The molecule has 1 aromatic heterocycles. The first-order chi connectivity index (χ1) is 21.2. The highest BCUT2D eigenvalue weighted by Crippen LogP contribution is 2.42. The predicted octanol–water partition coefficient (Wildman–Crippen LogP) is 8.14. The number of aromatic hydroxyl groups is 1. The Bertz CT molecular complexity index is 1790. The van der Waals surface area contributed by atoms with Crippen molar-refractivity contribution >= 4 is 32.2 Å². The molecule has 0 aliphatic carbocycles. The molecule has 6 rings (SSSR count). The van der Waals surface area contributed by atoms with E-state index in [1.54, 1.807) is 35.6 Å². The van der Waals surface area contributed by atoms with E-state index in [0.717, 1.165) is 50.6 Å². The molecule has 7 nitrogen and oxygen atoms in total. The fourth-order valence-electron chi connectivity index (χ4n) is 5.07. The molecule has 0 saturated carbocycles. The van der Waals surface area contributed by atoms with Crippen molar-refractivity contribution in [2.75, 3.05) is 26.2 Å². The van der Waals surface area contributed by atoms with Gasteiger partial charge in [0.25, 0.3) is 0 Å². The lowest BCUT2D eigenvalue weighted by atomic mass is 10.0. The number of rotatable bonds is 8. The van der Waals surface area contributed by atoms with E-state index < -0.39 is 10.1 Å². The summed E-state index contributed by atoms with van der Waals surface area (Å²) in [6, 6.07) is 27.4. The number of aryl methyl sites for hydroxylation is 2. The van der Waals surface area contributed by atoms with Crippen molar-refractivity contribution < 1.29 is 27.6 Å². The van der Waals surface area contributed by atoms with Gasteiger partial charge in [-0.25, -0.2) is 8.42 Å². The first-order valence-corrected chi connectivity index (χ1v) is 16.9. The van der Waals surface area contributed by atoms with Gasteiger partial charge in [-0.3, -0.25) is 4.90 Å². The molecule has 0 spiro atoms. The number of phenols is 1. The lowest BCUT2D eigenvalue weighted by Crippen LogP contribution is -2.33. The van der Waals surface area contributed by atoms with Crippen LogP contribution in [-0.4, -0.2) is 49.2 Å². The van der Waals surface area contributed by atoms with E-state index >= 15 is 0 Å². The third-order valence-corrected chi connectivity index (χ3v) is 9.32. The molecular formula is C35H36NO6S2-. The average Bonchev–Trinajstić information content (AvgIpc) is 3.44. The molecule has 1 aliphatic heterocycles. The number of hydrogen-bond acceptors (Lipinski definition) is 8. The van der Waals surface area contributed by atoms with Gasteiger partial charge >= 0.3 is 0 Å². The monoisotopic (exact) mass is 630 g/mol. The van der Waals surface area contributed by atoms with Gasteiger partial charge in [-0.15, -0.1) is 11.3 Å². The second-order valence-electron chi connectivity index (χ2n) is 10.8. The van der Waals surface area contributed by atoms with E-state index in [0.29, 0.717) is 6.61 Å². The Morgan fingerprint density at radius 3 is 2.20 bits per heavy atom. The minimum atomic E-state index is -4.27. The van der Waals surface area contributed by atoms with Crippen LogP contribution in [0.3, 0.4) is 0 Å². The Balaban J connectivity index is 0.000000296. The lowest BCUT2D eigenvalue weighted by molar-refractivity contribution is 0.183. The molecule has 1 saturated heterocycles. The molecular weight excluding hydrogens is 595 g/mol. The molecule has 1 aliphatic rings. The van der Waals surface area contributed by atoms with Gasteiger partial charge < -0.3 is 19.1 Å². The van der Waals surface area contributed by atoms with Crippen LogP contribution in [0.2, 0.25) is 0 Å². The molecule has 0 radical (unpaired) electrons. The number of nitrogens with zero attached hydrogens (tertiary/aromatic N) is 1. The maximum atomic E-state index is 10.4. The van der Waals surface area contributed by atoms with E-state index in [4.69, 9.17) is 9.47 Å². The third kappa shape index (κ3) is 8.39. The summed E-state index contributed by atoms with van der Waals surface area (Å²) in [6.45, 7) is 7.98. The van der Waals surface area contributed by atoms with E-state index in [1.807, 2.05) is 43.3 Å². The molecule has 1 N–H and O–H groups in total. The van der Waals surface area contributed by atoms with Crippen LogP contribution in [0, 0.1) is 13.8 Å². The number of piperidine rings is 1. The fraction of sp³-hybridized carbons (Fsp3) is 0.257. The molecule has 0 amide bonds. The van der Waals surface area contributed by atoms with Gasteiger partial charge in [-0.05, 0) is 118 Å². The first-order valence-electron chi connectivity index (χ1n) is 14.6. The van der Waals surface area contributed by atoms with Crippen molar-refractivity contribution in [2.24, 2.45) is 0 Å². The van der Waals surface area contributed by atoms with Gasteiger partial charge in [-0.1, -0.05) is 30.2 Å².